The van der Waals surface area contributed by atoms with Gasteiger partial charge in [0.25, 0.3) is 0 Å². The van der Waals surface area contributed by atoms with Gasteiger partial charge in [0.15, 0.2) is 0 Å². The Morgan fingerprint density at radius 2 is 1.05 bits per heavy atom. The molecule has 1 nitrogen and oxygen atoms in total. The first-order valence-electron chi connectivity index (χ1n) is 15.2. The van der Waals surface area contributed by atoms with Crippen molar-refractivity contribution >= 4 is 54.3 Å². The summed E-state index contributed by atoms with van der Waals surface area (Å²) >= 11 is 0. The summed E-state index contributed by atoms with van der Waals surface area (Å²) in [6.07, 6.45) is 0. The quantitative estimate of drug-likeness (QED) is 0.226. The van der Waals surface area contributed by atoms with E-state index in [4.69, 9.17) is 12.6 Å². The van der Waals surface area contributed by atoms with Crippen molar-refractivity contribution in [3.8, 4) is 22.3 Å². The second-order valence-electron chi connectivity index (χ2n) is 9.20. The van der Waals surface area contributed by atoms with E-state index < -0.39 is 12.1 Å². The molecule has 0 N–H and O–H groups in total. The first-order valence-corrected chi connectivity index (χ1v) is 12.2. The molecule has 1 aromatic heterocycles. The molecule has 1 heteroatoms. The van der Waals surface area contributed by atoms with Gasteiger partial charge in [0, 0.05) is 27.3 Å². The lowest BCUT2D eigenvalue weighted by molar-refractivity contribution is 0.674. The Balaban J connectivity index is 1.58. The zero-order valence-corrected chi connectivity index (χ0v) is 19.6. The van der Waals surface area contributed by atoms with Crippen LogP contribution in [0.4, 0.5) is 0 Å². The largest absolute Gasteiger partial charge is 0.455 e. The average Bonchev–Trinajstić information content (AvgIpc) is 3.43. The van der Waals surface area contributed by atoms with Crippen molar-refractivity contribution < 1.29 is 12.6 Å². The third-order valence-electron chi connectivity index (χ3n) is 7.21. The molecular formula is C36H22O. The maximum atomic E-state index is 8.92. The minimum absolute atomic E-state index is 0.00720. The maximum Gasteiger partial charge on any atom is 0.143 e. The van der Waals surface area contributed by atoms with Gasteiger partial charge < -0.3 is 4.42 Å². The summed E-state index contributed by atoms with van der Waals surface area (Å²) in [7, 11) is 0. The summed E-state index contributed by atoms with van der Waals surface area (Å²) in [4.78, 5) is 0. The Kier molecular flexibility index (Phi) is 3.23. The van der Waals surface area contributed by atoms with E-state index in [2.05, 4.69) is 36.4 Å². The van der Waals surface area contributed by atoms with Crippen LogP contribution in [-0.2, 0) is 0 Å². The monoisotopic (exact) mass is 476 g/mol. The molecule has 0 spiro atoms. The van der Waals surface area contributed by atoms with Crippen molar-refractivity contribution in [2.45, 2.75) is 0 Å². The Hall–Kier alpha value is -4.88. The van der Waals surface area contributed by atoms with Crippen LogP contribution in [0.3, 0.4) is 0 Å². The lowest BCUT2D eigenvalue weighted by Gasteiger charge is -2.17. The van der Waals surface area contributed by atoms with Gasteiger partial charge >= 0.3 is 0 Å². The predicted octanol–water partition coefficient (Wildman–Crippen LogP) is 10.4. The van der Waals surface area contributed by atoms with E-state index >= 15 is 0 Å². The van der Waals surface area contributed by atoms with Gasteiger partial charge in [-0.15, -0.1) is 0 Å². The Labute approximate surface area is 222 Å². The number of rotatable bonds is 2. The zero-order valence-electron chi connectivity index (χ0n) is 25.6. The van der Waals surface area contributed by atoms with Crippen LogP contribution in [0.25, 0.3) is 76.5 Å². The van der Waals surface area contributed by atoms with Gasteiger partial charge in [-0.2, -0.15) is 0 Å². The third-order valence-corrected chi connectivity index (χ3v) is 7.21. The molecule has 0 saturated heterocycles. The van der Waals surface area contributed by atoms with E-state index in [0.29, 0.717) is 16.4 Å². The number of fused-ring (bicyclic) bond motifs is 7. The van der Waals surface area contributed by atoms with Crippen LogP contribution >= 0.6 is 0 Å². The fourth-order valence-corrected chi connectivity index (χ4v) is 5.65. The molecule has 0 amide bonds. The SMILES string of the molecule is [2H]c1c([2H])c([2H])c2c(c1[2H])c([2H])c([2H])c1c3cccc(-c4c5ccccc5c(-c5ccccc5)c5ccccc45)c3oc21. The molecular weight excluding hydrogens is 448 g/mol. The molecule has 0 aliphatic rings. The van der Waals surface area contributed by atoms with Gasteiger partial charge in [-0.25, -0.2) is 0 Å². The second kappa shape index (κ2) is 7.81. The van der Waals surface area contributed by atoms with Crippen molar-refractivity contribution in [2.24, 2.45) is 0 Å². The van der Waals surface area contributed by atoms with Crippen LogP contribution in [-0.4, -0.2) is 0 Å². The topological polar surface area (TPSA) is 13.1 Å². The molecule has 37 heavy (non-hydrogen) atoms. The van der Waals surface area contributed by atoms with E-state index in [1.807, 2.05) is 60.7 Å². The highest BCUT2D eigenvalue weighted by molar-refractivity contribution is 6.25. The van der Waals surface area contributed by atoms with Crippen LogP contribution in [0.2, 0.25) is 0 Å². The highest BCUT2D eigenvalue weighted by atomic mass is 16.3. The summed E-state index contributed by atoms with van der Waals surface area (Å²) < 4.78 is 57.9. The fourth-order valence-electron chi connectivity index (χ4n) is 5.65. The van der Waals surface area contributed by atoms with E-state index in [0.717, 1.165) is 43.8 Å². The molecule has 8 aromatic rings. The van der Waals surface area contributed by atoms with Gasteiger partial charge in [-0.3, -0.25) is 0 Å². The molecule has 172 valence electrons. The second-order valence-corrected chi connectivity index (χ2v) is 9.20. The number of hydrogen-bond acceptors (Lipinski definition) is 1. The fraction of sp³-hybridized carbons (Fsp3) is 0. The summed E-state index contributed by atoms with van der Waals surface area (Å²) in [5.74, 6) is 0. The Morgan fingerprint density at radius 1 is 0.432 bits per heavy atom. The van der Waals surface area contributed by atoms with E-state index in [1.165, 1.54) is 0 Å². The van der Waals surface area contributed by atoms with Gasteiger partial charge in [-0.05, 0) is 44.1 Å². The van der Waals surface area contributed by atoms with Gasteiger partial charge in [0.1, 0.15) is 11.2 Å². The lowest BCUT2D eigenvalue weighted by Crippen LogP contribution is -1.90. The predicted molar refractivity (Wildman–Crippen MR) is 157 cm³/mol. The van der Waals surface area contributed by atoms with Crippen molar-refractivity contribution in [1.82, 2.24) is 0 Å². The summed E-state index contributed by atoms with van der Waals surface area (Å²) in [6.45, 7) is 0. The minimum atomic E-state index is -0.432. The van der Waals surface area contributed by atoms with Crippen LogP contribution in [0, 0.1) is 0 Å². The van der Waals surface area contributed by atoms with E-state index in [-0.39, 0.29) is 40.5 Å². The van der Waals surface area contributed by atoms with Crippen LogP contribution in [0.15, 0.2) is 138 Å². The third kappa shape index (κ3) is 2.92. The van der Waals surface area contributed by atoms with Crippen LogP contribution in [0.1, 0.15) is 8.22 Å². The lowest BCUT2D eigenvalue weighted by atomic mass is 9.85. The van der Waals surface area contributed by atoms with Crippen molar-refractivity contribution in [1.29, 1.82) is 0 Å². The smallest absolute Gasteiger partial charge is 0.143 e. The van der Waals surface area contributed by atoms with Crippen LogP contribution in [0.5, 0.6) is 0 Å². The van der Waals surface area contributed by atoms with E-state index in [1.54, 1.807) is 0 Å². The molecule has 7 aromatic carbocycles. The minimum Gasteiger partial charge on any atom is -0.455 e. The molecule has 8 rings (SSSR count). The highest BCUT2D eigenvalue weighted by Crippen LogP contribution is 2.46. The molecule has 0 aliphatic heterocycles. The van der Waals surface area contributed by atoms with Gasteiger partial charge in [0.2, 0.25) is 0 Å². The number of benzene rings is 7. The number of para-hydroxylation sites is 1. The summed E-state index contributed by atoms with van der Waals surface area (Å²) in [6, 6.07) is 30.8. The molecule has 0 radical (unpaired) electrons. The Morgan fingerprint density at radius 3 is 1.78 bits per heavy atom. The zero-order chi connectivity index (χ0) is 29.6. The maximum absolute atomic E-state index is 8.92. The molecule has 0 bridgehead atoms. The first kappa shape index (κ1) is 15.3. The van der Waals surface area contributed by atoms with Gasteiger partial charge in [0.05, 0.1) is 8.22 Å². The first-order chi connectivity index (χ1) is 20.9. The van der Waals surface area contributed by atoms with E-state index in [9.17, 15) is 0 Å². The summed E-state index contributed by atoms with van der Waals surface area (Å²) in [5.41, 5.74) is 4.74. The number of hydrogen-bond donors (Lipinski definition) is 0. The normalized spacial score (nSPS) is 14.1. The molecule has 0 aliphatic carbocycles. The molecule has 0 saturated carbocycles. The molecule has 1 heterocycles. The standard InChI is InChI=1S/C36H22O/c1-2-12-24(13-3-1)33-26-15-6-8-17-28(26)34(29-18-9-7-16-27(29)33)32-20-10-19-30-31-22-21-23-11-4-5-14-25(23)35(31)37-36(30)32/h1-22H/i4D,5D,11D,14D,21D,22D. The average molecular weight is 477 g/mol. The molecule has 0 unspecified atom stereocenters. The van der Waals surface area contributed by atoms with Crippen molar-refractivity contribution in [3.63, 3.8) is 0 Å². The molecule has 0 atom stereocenters. The Bertz CT molecular complexity index is 2410. The van der Waals surface area contributed by atoms with Crippen molar-refractivity contribution in [3.05, 3.63) is 133 Å². The highest BCUT2D eigenvalue weighted by Gasteiger charge is 2.20. The number of furan rings is 1. The molecule has 0 fully saturated rings. The van der Waals surface area contributed by atoms with Gasteiger partial charge in [-0.1, -0.05) is 127 Å². The van der Waals surface area contributed by atoms with Crippen molar-refractivity contribution in [2.75, 3.05) is 0 Å². The summed E-state index contributed by atoms with van der Waals surface area (Å²) in [5, 5.41) is 5.36. The van der Waals surface area contributed by atoms with Crippen LogP contribution < -0.4 is 0 Å².